The molecule has 0 fully saturated rings. The summed E-state index contributed by atoms with van der Waals surface area (Å²) < 4.78 is 0.854. The van der Waals surface area contributed by atoms with Gasteiger partial charge < -0.3 is 5.32 Å². The fourth-order valence-electron chi connectivity index (χ4n) is 1.73. The summed E-state index contributed by atoms with van der Waals surface area (Å²) in [4.78, 5) is 0. The van der Waals surface area contributed by atoms with E-state index in [4.69, 9.17) is 34.8 Å². The van der Waals surface area contributed by atoms with Gasteiger partial charge in [-0.1, -0.05) is 62.9 Å². The Hall–Kier alpha value is -0.410. The number of rotatable bonds is 3. The van der Waals surface area contributed by atoms with Crippen LogP contribution in [0.15, 0.2) is 40.9 Å². The molecular weight excluding hydrogens is 368 g/mol. The average Bonchev–Trinajstić information content (AvgIpc) is 2.34. The van der Waals surface area contributed by atoms with Gasteiger partial charge in [0.2, 0.25) is 0 Å². The first kappa shape index (κ1) is 15.0. The summed E-state index contributed by atoms with van der Waals surface area (Å²) in [6.07, 6.45) is 0. The third-order valence-corrected chi connectivity index (χ3v) is 4.04. The van der Waals surface area contributed by atoms with Crippen molar-refractivity contribution in [2.45, 2.75) is 13.0 Å². The first-order valence-electron chi connectivity index (χ1n) is 5.64. The molecule has 0 bridgehead atoms. The Morgan fingerprint density at radius 2 is 1.53 bits per heavy atom. The molecule has 19 heavy (non-hydrogen) atoms. The zero-order chi connectivity index (χ0) is 14.0. The lowest BCUT2D eigenvalue weighted by Crippen LogP contribution is -2.07. The normalized spacial score (nSPS) is 12.3. The molecule has 0 radical (unpaired) electrons. The first-order valence-corrected chi connectivity index (χ1v) is 7.56. The van der Waals surface area contributed by atoms with Crippen LogP contribution in [0.3, 0.4) is 0 Å². The second-order valence-corrected chi connectivity index (χ2v) is 6.33. The van der Waals surface area contributed by atoms with E-state index in [2.05, 4.69) is 21.2 Å². The minimum atomic E-state index is 0.0773. The molecule has 1 atom stereocenters. The van der Waals surface area contributed by atoms with Gasteiger partial charge in [0, 0.05) is 15.5 Å². The summed E-state index contributed by atoms with van der Waals surface area (Å²) >= 11 is 21.6. The molecule has 1 unspecified atom stereocenters. The van der Waals surface area contributed by atoms with E-state index in [-0.39, 0.29) is 6.04 Å². The van der Waals surface area contributed by atoms with E-state index in [0.29, 0.717) is 10.0 Å². The Bertz CT molecular complexity index is 561. The van der Waals surface area contributed by atoms with Gasteiger partial charge in [0.25, 0.3) is 0 Å². The maximum Gasteiger partial charge on any atom is 0.0724 e. The van der Waals surface area contributed by atoms with Crippen molar-refractivity contribution in [3.8, 4) is 0 Å². The highest BCUT2D eigenvalue weighted by Gasteiger charge is 2.11. The van der Waals surface area contributed by atoms with E-state index in [1.807, 2.05) is 43.3 Å². The van der Waals surface area contributed by atoms with Gasteiger partial charge in [-0.2, -0.15) is 0 Å². The predicted molar refractivity (Wildman–Crippen MR) is 87.7 cm³/mol. The van der Waals surface area contributed by atoms with Crippen molar-refractivity contribution >= 4 is 56.4 Å². The van der Waals surface area contributed by atoms with Gasteiger partial charge in [-0.05, 0) is 36.8 Å². The molecule has 0 amide bonds. The minimum absolute atomic E-state index is 0.0773. The fourth-order valence-corrected chi connectivity index (χ4v) is 3.17. The summed E-state index contributed by atoms with van der Waals surface area (Å²) in [5, 5.41) is 5.20. The highest BCUT2D eigenvalue weighted by Crippen LogP contribution is 2.36. The smallest absolute Gasteiger partial charge is 0.0724 e. The molecule has 1 N–H and O–H groups in total. The lowest BCUT2D eigenvalue weighted by molar-refractivity contribution is 0.885. The number of nitrogens with one attached hydrogen (secondary N) is 1. The molecule has 100 valence electrons. The molecular formula is C14H11BrCl3N. The van der Waals surface area contributed by atoms with Gasteiger partial charge in [-0.3, -0.25) is 0 Å². The summed E-state index contributed by atoms with van der Waals surface area (Å²) in [7, 11) is 0. The van der Waals surface area contributed by atoms with Crippen LogP contribution in [0.5, 0.6) is 0 Å². The standard InChI is InChI=1S/C14H11BrCl3N/c1-8(9-2-4-11(16)5-3-9)19-14-12(17)6-10(15)7-13(14)18/h2-8,19H,1H3. The number of anilines is 1. The third kappa shape index (κ3) is 3.79. The second-order valence-electron chi connectivity index (χ2n) is 4.16. The van der Waals surface area contributed by atoms with Crippen LogP contribution in [0.2, 0.25) is 15.1 Å². The van der Waals surface area contributed by atoms with Crippen molar-refractivity contribution in [1.29, 1.82) is 0 Å². The molecule has 2 rings (SSSR count). The Balaban J connectivity index is 2.24. The Morgan fingerprint density at radius 3 is 2.05 bits per heavy atom. The van der Waals surface area contributed by atoms with Crippen molar-refractivity contribution < 1.29 is 0 Å². The summed E-state index contributed by atoms with van der Waals surface area (Å²) in [5.74, 6) is 0. The third-order valence-electron chi connectivity index (χ3n) is 2.74. The maximum absolute atomic E-state index is 6.19. The number of halogens is 4. The van der Waals surface area contributed by atoms with Crippen LogP contribution < -0.4 is 5.32 Å². The SMILES string of the molecule is CC(Nc1c(Cl)cc(Br)cc1Cl)c1ccc(Cl)cc1. The van der Waals surface area contributed by atoms with Crippen molar-refractivity contribution in [2.75, 3.05) is 5.32 Å². The van der Waals surface area contributed by atoms with Crippen molar-refractivity contribution in [3.63, 3.8) is 0 Å². The molecule has 2 aromatic carbocycles. The van der Waals surface area contributed by atoms with E-state index in [1.165, 1.54) is 0 Å². The number of hydrogen-bond acceptors (Lipinski definition) is 1. The molecule has 0 aliphatic heterocycles. The highest BCUT2D eigenvalue weighted by molar-refractivity contribution is 9.10. The van der Waals surface area contributed by atoms with Gasteiger partial charge in [-0.15, -0.1) is 0 Å². The predicted octanol–water partition coefficient (Wildman–Crippen LogP) is 6.58. The van der Waals surface area contributed by atoms with Crippen LogP contribution in [-0.2, 0) is 0 Å². The van der Waals surface area contributed by atoms with Crippen LogP contribution >= 0.6 is 50.7 Å². The molecule has 0 saturated heterocycles. The topological polar surface area (TPSA) is 12.0 Å². The largest absolute Gasteiger partial charge is 0.376 e. The summed E-state index contributed by atoms with van der Waals surface area (Å²) in [6.45, 7) is 2.04. The van der Waals surface area contributed by atoms with E-state index in [1.54, 1.807) is 0 Å². The molecule has 0 spiro atoms. The van der Waals surface area contributed by atoms with E-state index < -0.39 is 0 Å². The lowest BCUT2D eigenvalue weighted by Gasteiger charge is -2.18. The van der Waals surface area contributed by atoms with Gasteiger partial charge >= 0.3 is 0 Å². The van der Waals surface area contributed by atoms with Gasteiger partial charge in [-0.25, -0.2) is 0 Å². The molecule has 1 nitrogen and oxygen atoms in total. The van der Waals surface area contributed by atoms with Gasteiger partial charge in [0.1, 0.15) is 0 Å². The molecule has 0 aliphatic rings. The highest BCUT2D eigenvalue weighted by atomic mass is 79.9. The Morgan fingerprint density at radius 1 is 1.00 bits per heavy atom. The molecule has 0 heterocycles. The maximum atomic E-state index is 6.19. The van der Waals surface area contributed by atoms with E-state index in [0.717, 1.165) is 20.7 Å². The second kappa shape index (κ2) is 6.36. The molecule has 0 aliphatic carbocycles. The molecule has 5 heteroatoms. The zero-order valence-electron chi connectivity index (χ0n) is 10.1. The van der Waals surface area contributed by atoms with Crippen LogP contribution in [0, 0.1) is 0 Å². The number of hydrogen-bond donors (Lipinski definition) is 1. The minimum Gasteiger partial charge on any atom is -0.376 e. The quantitative estimate of drug-likeness (QED) is 0.635. The van der Waals surface area contributed by atoms with E-state index >= 15 is 0 Å². The summed E-state index contributed by atoms with van der Waals surface area (Å²) in [6, 6.07) is 11.4. The monoisotopic (exact) mass is 377 g/mol. The van der Waals surface area contributed by atoms with Crippen molar-refractivity contribution in [1.82, 2.24) is 0 Å². The van der Waals surface area contributed by atoms with Crippen LogP contribution in [0.1, 0.15) is 18.5 Å². The van der Waals surface area contributed by atoms with Gasteiger partial charge in [0.05, 0.1) is 15.7 Å². The fraction of sp³-hybridized carbons (Fsp3) is 0.143. The van der Waals surface area contributed by atoms with Gasteiger partial charge in [0.15, 0.2) is 0 Å². The van der Waals surface area contributed by atoms with Crippen molar-refractivity contribution in [2.24, 2.45) is 0 Å². The van der Waals surface area contributed by atoms with Crippen molar-refractivity contribution in [3.05, 3.63) is 61.5 Å². The molecule has 0 aromatic heterocycles. The lowest BCUT2D eigenvalue weighted by atomic mass is 10.1. The Labute approximate surface area is 136 Å². The average molecular weight is 380 g/mol. The Kier molecular flexibility index (Phi) is 5.02. The van der Waals surface area contributed by atoms with Crippen LogP contribution in [0.4, 0.5) is 5.69 Å². The molecule has 0 saturated carbocycles. The zero-order valence-corrected chi connectivity index (χ0v) is 13.9. The van der Waals surface area contributed by atoms with Crippen LogP contribution in [-0.4, -0.2) is 0 Å². The van der Waals surface area contributed by atoms with Crippen LogP contribution in [0.25, 0.3) is 0 Å². The summed E-state index contributed by atoms with van der Waals surface area (Å²) in [5.41, 5.74) is 1.84. The number of benzene rings is 2. The molecule has 2 aromatic rings. The van der Waals surface area contributed by atoms with E-state index in [9.17, 15) is 0 Å². The first-order chi connectivity index (χ1) is 8.97.